The predicted octanol–water partition coefficient (Wildman–Crippen LogP) is 1.72. The van der Waals surface area contributed by atoms with Gasteiger partial charge in [-0.25, -0.2) is 4.79 Å². The first-order valence-corrected chi connectivity index (χ1v) is 8.19. The number of hydrogen-bond donors (Lipinski definition) is 3. The Morgan fingerprint density at radius 2 is 2.04 bits per heavy atom. The van der Waals surface area contributed by atoms with Crippen LogP contribution in [0.25, 0.3) is 0 Å². The zero-order chi connectivity index (χ0) is 16.8. The van der Waals surface area contributed by atoms with Gasteiger partial charge in [-0.15, -0.1) is 20.4 Å². The molecule has 124 valence electrons. The van der Waals surface area contributed by atoms with E-state index in [1.807, 2.05) is 18.2 Å². The number of nitrogens with one attached hydrogen (secondary N) is 3. The lowest BCUT2D eigenvalue weighted by molar-refractivity contribution is 0.249. The molecule has 10 heteroatoms. The summed E-state index contributed by atoms with van der Waals surface area (Å²) in [5.74, 6) is 0.408. The second kappa shape index (κ2) is 7.59. The number of benzene rings is 1. The van der Waals surface area contributed by atoms with Crippen LogP contribution in [0.15, 0.2) is 30.3 Å². The smallest absolute Gasteiger partial charge is 0.321 e. The molecule has 0 saturated carbocycles. The van der Waals surface area contributed by atoms with Gasteiger partial charge in [-0.3, -0.25) is 5.32 Å². The fraction of sp³-hybridized carbons (Fsp3) is 0.286. The topological polar surface area (TPSA) is 121 Å². The highest BCUT2D eigenvalue weighted by atomic mass is 32.1. The van der Waals surface area contributed by atoms with Crippen LogP contribution >= 0.6 is 11.3 Å². The van der Waals surface area contributed by atoms with E-state index in [9.17, 15) is 4.79 Å². The number of rotatable bonds is 6. The van der Waals surface area contributed by atoms with E-state index in [4.69, 9.17) is 0 Å². The molecule has 0 saturated heterocycles. The van der Waals surface area contributed by atoms with E-state index >= 15 is 0 Å². The average molecular weight is 344 g/mol. The average Bonchev–Trinajstić information content (AvgIpc) is 3.25. The molecular formula is C14H16N8OS. The van der Waals surface area contributed by atoms with Gasteiger partial charge in [0.2, 0.25) is 5.13 Å². The van der Waals surface area contributed by atoms with Gasteiger partial charge in [0.05, 0.1) is 6.04 Å². The normalized spacial score (nSPS) is 11.9. The van der Waals surface area contributed by atoms with Crippen LogP contribution in [0.5, 0.6) is 0 Å². The van der Waals surface area contributed by atoms with Gasteiger partial charge in [-0.1, -0.05) is 46.9 Å². The van der Waals surface area contributed by atoms with Crippen molar-refractivity contribution < 1.29 is 4.79 Å². The van der Waals surface area contributed by atoms with Crippen molar-refractivity contribution in [3.63, 3.8) is 0 Å². The lowest BCUT2D eigenvalue weighted by Crippen LogP contribution is -2.31. The van der Waals surface area contributed by atoms with E-state index in [1.54, 1.807) is 6.92 Å². The van der Waals surface area contributed by atoms with E-state index in [0.29, 0.717) is 11.0 Å². The second-order valence-corrected chi connectivity index (χ2v) is 6.14. The highest BCUT2D eigenvalue weighted by Crippen LogP contribution is 2.17. The summed E-state index contributed by atoms with van der Waals surface area (Å²) >= 11 is 1.36. The van der Waals surface area contributed by atoms with E-state index in [1.165, 1.54) is 16.9 Å². The zero-order valence-corrected chi connectivity index (χ0v) is 13.7. The lowest BCUT2D eigenvalue weighted by atomic mass is 10.1. The van der Waals surface area contributed by atoms with Crippen molar-refractivity contribution in [1.82, 2.24) is 36.1 Å². The molecule has 0 bridgehead atoms. The van der Waals surface area contributed by atoms with Crippen LogP contribution < -0.4 is 10.6 Å². The summed E-state index contributed by atoms with van der Waals surface area (Å²) in [6.45, 7) is 1.76. The quantitative estimate of drug-likeness (QED) is 0.626. The van der Waals surface area contributed by atoms with Crippen LogP contribution in [0.4, 0.5) is 9.93 Å². The summed E-state index contributed by atoms with van der Waals surface area (Å²) in [5.41, 5.74) is 1.24. The predicted molar refractivity (Wildman–Crippen MR) is 88.5 cm³/mol. The van der Waals surface area contributed by atoms with Crippen molar-refractivity contribution in [2.45, 2.75) is 25.8 Å². The molecule has 1 aromatic carbocycles. The van der Waals surface area contributed by atoms with E-state index < -0.39 is 6.03 Å². The molecule has 0 radical (unpaired) electrons. The summed E-state index contributed by atoms with van der Waals surface area (Å²) < 4.78 is 0. The zero-order valence-electron chi connectivity index (χ0n) is 12.9. The maximum absolute atomic E-state index is 11.9. The number of amides is 2. The molecule has 0 aliphatic heterocycles. The number of tetrazole rings is 1. The van der Waals surface area contributed by atoms with Crippen molar-refractivity contribution in [3.05, 3.63) is 46.7 Å². The number of anilines is 1. The van der Waals surface area contributed by atoms with Crippen molar-refractivity contribution >= 4 is 22.5 Å². The van der Waals surface area contributed by atoms with Gasteiger partial charge in [-0.05, 0) is 18.9 Å². The largest absolute Gasteiger partial charge is 0.328 e. The van der Waals surface area contributed by atoms with Crippen LogP contribution in [-0.2, 0) is 12.8 Å². The number of carbonyl (C=O) groups excluding carboxylic acids is 1. The Morgan fingerprint density at radius 1 is 1.21 bits per heavy atom. The molecule has 3 rings (SSSR count). The first-order chi connectivity index (χ1) is 11.7. The van der Waals surface area contributed by atoms with Gasteiger partial charge in [0.15, 0.2) is 5.82 Å². The number of urea groups is 1. The third-order valence-corrected chi connectivity index (χ3v) is 4.15. The first-order valence-electron chi connectivity index (χ1n) is 7.38. The molecule has 0 aliphatic carbocycles. The van der Waals surface area contributed by atoms with Gasteiger partial charge >= 0.3 is 6.03 Å². The molecule has 0 fully saturated rings. The summed E-state index contributed by atoms with van der Waals surface area (Å²) in [6.07, 6.45) is 1.67. The van der Waals surface area contributed by atoms with Crippen LogP contribution in [-0.4, -0.2) is 36.9 Å². The number of nitrogens with zero attached hydrogens (tertiary/aromatic N) is 5. The van der Waals surface area contributed by atoms with Crippen molar-refractivity contribution in [2.24, 2.45) is 0 Å². The highest BCUT2D eigenvalue weighted by Gasteiger charge is 2.14. The second-order valence-electron chi connectivity index (χ2n) is 5.08. The Hall–Kier alpha value is -2.88. The Balaban J connectivity index is 1.49. The van der Waals surface area contributed by atoms with Gasteiger partial charge < -0.3 is 5.32 Å². The molecule has 3 N–H and O–H groups in total. The molecule has 0 aliphatic rings. The molecule has 24 heavy (non-hydrogen) atoms. The maximum Gasteiger partial charge on any atom is 0.321 e. The van der Waals surface area contributed by atoms with E-state index in [-0.39, 0.29) is 6.04 Å². The van der Waals surface area contributed by atoms with Crippen molar-refractivity contribution in [2.75, 3.05) is 5.32 Å². The van der Waals surface area contributed by atoms with Crippen LogP contribution in [0.2, 0.25) is 0 Å². The fourth-order valence-electron chi connectivity index (χ4n) is 2.05. The molecular weight excluding hydrogens is 328 g/mol. The van der Waals surface area contributed by atoms with Crippen molar-refractivity contribution in [3.8, 4) is 0 Å². The van der Waals surface area contributed by atoms with Crippen molar-refractivity contribution in [1.29, 1.82) is 0 Å². The molecule has 1 atom stereocenters. The van der Waals surface area contributed by atoms with Gasteiger partial charge in [0, 0.05) is 6.42 Å². The number of carbonyl (C=O) groups is 1. The summed E-state index contributed by atoms with van der Waals surface area (Å²) in [7, 11) is 0. The molecule has 2 heterocycles. The van der Waals surface area contributed by atoms with E-state index in [0.717, 1.165) is 17.8 Å². The highest BCUT2D eigenvalue weighted by molar-refractivity contribution is 7.15. The first kappa shape index (κ1) is 16.0. The minimum Gasteiger partial charge on any atom is -0.328 e. The molecule has 3 aromatic rings. The van der Waals surface area contributed by atoms with E-state index in [2.05, 4.69) is 53.6 Å². The number of H-pyrrole nitrogens is 1. The monoisotopic (exact) mass is 344 g/mol. The van der Waals surface area contributed by atoms with Crippen LogP contribution in [0, 0.1) is 0 Å². The third-order valence-electron chi connectivity index (χ3n) is 3.25. The molecule has 9 nitrogen and oxygen atoms in total. The SMILES string of the molecule is CC(NC(=O)Nc1nnc(CCc2ccccc2)s1)c1nn[nH]n1. The molecule has 0 spiro atoms. The summed E-state index contributed by atoms with van der Waals surface area (Å²) in [6, 6.07) is 9.41. The summed E-state index contributed by atoms with van der Waals surface area (Å²) in [5, 5.41) is 28.2. The van der Waals surface area contributed by atoms with Gasteiger partial charge in [-0.2, -0.15) is 5.21 Å². The molecule has 2 amide bonds. The Bertz CT molecular complexity index is 773. The number of hydrogen-bond acceptors (Lipinski definition) is 7. The van der Waals surface area contributed by atoms with Crippen LogP contribution in [0.3, 0.4) is 0 Å². The number of aromatic nitrogens is 6. The Labute approximate surface area is 141 Å². The Kier molecular flexibility index (Phi) is 5.06. The lowest BCUT2D eigenvalue weighted by Gasteiger charge is -2.09. The minimum atomic E-state index is -0.391. The molecule has 2 aromatic heterocycles. The molecule has 1 unspecified atom stereocenters. The standard InChI is InChI=1S/C14H16N8OS/c1-9(12-18-21-22-19-12)15-13(23)16-14-20-17-11(24-14)8-7-10-5-3-2-4-6-10/h2-6,9H,7-8H2,1H3,(H2,15,16,20,23)(H,18,19,21,22). The number of aryl methyl sites for hydroxylation is 2. The van der Waals surface area contributed by atoms with Gasteiger partial charge in [0.1, 0.15) is 5.01 Å². The third kappa shape index (κ3) is 4.32. The van der Waals surface area contributed by atoms with Gasteiger partial charge in [0.25, 0.3) is 0 Å². The Morgan fingerprint density at radius 3 is 2.79 bits per heavy atom. The fourth-order valence-corrected chi connectivity index (χ4v) is 2.78. The van der Waals surface area contributed by atoms with Crippen LogP contribution in [0.1, 0.15) is 29.4 Å². The maximum atomic E-state index is 11.9. The number of aromatic amines is 1. The minimum absolute atomic E-state index is 0.366. The summed E-state index contributed by atoms with van der Waals surface area (Å²) in [4.78, 5) is 11.9.